The molecule has 1 amide bonds. The van der Waals surface area contributed by atoms with Crippen LogP contribution in [-0.2, 0) is 19.4 Å². The van der Waals surface area contributed by atoms with E-state index in [1.165, 1.54) is 11.3 Å². The number of carbonyl (C=O) groups excluding carboxylic acids is 1. The van der Waals surface area contributed by atoms with Gasteiger partial charge in [-0.3, -0.25) is 9.69 Å². The molecular formula is C31H33N7OS. The second-order valence-corrected chi connectivity index (χ2v) is 10.3. The average Bonchev–Trinajstić information content (AvgIpc) is 3.69. The molecule has 0 saturated carbocycles. The van der Waals surface area contributed by atoms with Crippen molar-refractivity contribution >= 4 is 45.4 Å². The maximum atomic E-state index is 13.4. The van der Waals surface area contributed by atoms with E-state index in [2.05, 4.69) is 51.1 Å². The van der Waals surface area contributed by atoms with Crippen molar-refractivity contribution in [3.05, 3.63) is 108 Å². The molecule has 0 fully saturated rings. The average molecular weight is 552 g/mol. The number of aromatic nitrogens is 4. The minimum absolute atomic E-state index is 0.159. The van der Waals surface area contributed by atoms with Crippen molar-refractivity contribution in [3.63, 3.8) is 0 Å². The van der Waals surface area contributed by atoms with Gasteiger partial charge < -0.3 is 15.2 Å². The van der Waals surface area contributed by atoms with Gasteiger partial charge >= 0.3 is 0 Å². The number of amides is 1. The number of hydrogen-bond acceptors (Lipinski definition) is 7. The quantitative estimate of drug-likeness (QED) is 0.161. The topological polar surface area (TPSA) is 88.0 Å². The van der Waals surface area contributed by atoms with Crippen LogP contribution in [0.5, 0.6) is 0 Å². The van der Waals surface area contributed by atoms with E-state index in [4.69, 9.17) is 4.98 Å². The predicted molar refractivity (Wildman–Crippen MR) is 163 cm³/mol. The third-order valence-electron chi connectivity index (χ3n) is 6.58. The maximum Gasteiger partial charge on any atom is 0.267 e. The monoisotopic (exact) mass is 551 g/mol. The van der Waals surface area contributed by atoms with Crippen molar-refractivity contribution in [3.8, 4) is 0 Å². The van der Waals surface area contributed by atoms with E-state index in [0.717, 1.165) is 66.5 Å². The van der Waals surface area contributed by atoms with Gasteiger partial charge in [0.25, 0.3) is 5.91 Å². The number of nitrogens with one attached hydrogen (secondary N) is 2. The fourth-order valence-corrected chi connectivity index (χ4v) is 5.35. The summed E-state index contributed by atoms with van der Waals surface area (Å²) in [5, 5.41) is 7.25. The Labute approximate surface area is 238 Å². The lowest BCUT2D eigenvalue weighted by Gasteiger charge is -2.21. The molecule has 0 atom stereocenters. The maximum absolute atomic E-state index is 13.4. The van der Waals surface area contributed by atoms with Gasteiger partial charge in [-0.2, -0.15) is 0 Å². The van der Waals surface area contributed by atoms with Crippen LogP contribution in [0.2, 0.25) is 0 Å². The van der Waals surface area contributed by atoms with E-state index in [1.54, 1.807) is 12.4 Å². The molecule has 8 nitrogen and oxygen atoms in total. The molecule has 3 heterocycles. The van der Waals surface area contributed by atoms with Crippen LogP contribution in [0.15, 0.2) is 91.6 Å². The van der Waals surface area contributed by atoms with E-state index < -0.39 is 0 Å². The first-order valence-corrected chi connectivity index (χ1v) is 14.4. The number of thiazole rings is 1. The highest BCUT2D eigenvalue weighted by molar-refractivity contribution is 7.17. The van der Waals surface area contributed by atoms with E-state index in [1.807, 2.05) is 72.0 Å². The summed E-state index contributed by atoms with van der Waals surface area (Å²) in [6.45, 7) is 5.86. The molecule has 0 aliphatic heterocycles. The fraction of sp³-hybridized carbons (Fsp3) is 0.226. The third-order valence-corrected chi connectivity index (χ3v) is 7.56. The minimum atomic E-state index is -0.159. The molecule has 9 heteroatoms. The highest BCUT2D eigenvalue weighted by Gasteiger charge is 2.21. The zero-order chi connectivity index (χ0) is 27.7. The van der Waals surface area contributed by atoms with Crippen molar-refractivity contribution in [2.75, 3.05) is 22.1 Å². The molecule has 204 valence electrons. The molecule has 2 N–H and O–H groups in total. The number of imidazole rings is 1. The van der Waals surface area contributed by atoms with Gasteiger partial charge in [0.2, 0.25) is 0 Å². The molecule has 5 aromatic rings. The number of para-hydroxylation sites is 2. The van der Waals surface area contributed by atoms with Crippen molar-refractivity contribution in [2.24, 2.45) is 0 Å². The van der Waals surface area contributed by atoms with Gasteiger partial charge in [-0.1, -0.05) is 67.6 Å². The molecule has 0 aliphatic carbocycles. The zero-order valence-corrected chi connectivity index (χ0v) is 23.6. The number of rotatable bonds is 12. The number of nitrogens with zero attached hydrogens (tertiary/aromatic N) is 5. The van der Waals surface area contributed by atoms with Crippen molar-refractivity contribution in [1.82, 2.24) is 19.5 Å². The van der Waals surface area contributed by atoms with Gasteiger partial charge in [-0.25, -0.2) is 15.0 Å². The molecule has 0 bridgehead atoms. The van der Waals surface area contributed by atoms with E-state index in [-0.39, 0.29) is 5.91 Å². The summed E-state index contributed by atoms with van der Waals surface area (Å²) in [7, 11) is 0. The molecule has 40 heavy (non-hydrogen) atoms. The number of carbonyl (C=O) groups is 1. The molecule has 0 aliphatic rings. The van der Waals surface area contributed by atoms with Crippen LogP contribution >= 0.6 is 11.3 Å². The normalized spacial score (nSPS) is 10.8. The van der Waals surface area contributed by atoms with Gasteiger partial charge in [-0.05, 0) is 54.7 Å². The predicted octanol–water partition coefficient (Wildman–Crippen LogP) is 7.08. The van der Waals surface area contributed by atoms with Crippen LogP contribution in [0, 0.1) is 0 Å². The number of aryl methyl sites for hydroxylation is 3. The van der Waals surface area contributed by atoms with Crippen molar-refractivity contribution < 1.29 is 4.79 Å². The second kappa shape index (κ2) is 13.0. The van der Waals surface area contributed by atoms with Crippen LogP contribution in [-0.4, -0.2) is 32.0 Å². The van der Waals surface area contributed by atoms with E-state index >= 15 is 0 Å². The molecule has 0 saturated heterocycles. The Hall–Kier alpha value is -4.50. The van der Waals surface area contributed by atoms with E-state index in [0.29, 0.717) is 10.0 Å². The van der Waals surface area contributed by atoms with Crippen LogP contribution in [0.3, 0.4) is 0 Å². The Bertz CT molecular complexity index is 1510. The Balaban J connectivity index is 1.37. The van der Waals surface area contributed by atoms with Crippen LogP contribution in [0.25, 0.3) is 0 Å². The smallest absolute Gasteiger partial charge is 0.267 e. The molecule has 0 radical (unpaired) electrons. The molecule has 2 aromatic carbocycles. The summed E-state index contributed by atoms with van der Waals surface area (Å²) < 4.78 is 2.06. The number of benzene rings is 2. The fourth-order valence-electron chi connectivity index (χ4n) is 4.51. The Morgan fingerprint density at radius 3 is 2.48 bits per heavy atom. The van der Waals surface area contributed by atoms with Crippen molar-refractivity contribution in [1.29, 1.82) is 0 Å². The number of anilines is 5. The van der Waals surface area contributed by atoms with Gasteiger partial charge in [0.05, 0.1) is 12.5 Å². The lowest BCUT2D eigenvalue weighted by atomic mass is 10.0. The summed E-state index contributed by atoms with van der Waals surface area (Å²) >= 11 is 1.34. The third kappa shape index (κ3) is 6.38. The summed E-state index contributed by atoms with van der Waals surface area (Å²) in [4.78, 5) is 29.5. The summed E-state index contributed by atoms with van der Waals surface area (Å²) in [6, 6.07) is 22.0. The molecule has 0 spiro atoms. The van der Waals surface area contributed by atoms with Crippen LogP contribution in [0.4, 0.5) is 28.1 Å². The van der Waals surface area contributed by atoms with Gasteiger partial charge in [0.1, 0.15) is 16.5 Å². The minimum Gasteiger partial charge on any atom is -0.370 e. The second-order valence-electron chi connectivity index (χ2n) is 9.25. The van der Waals surface area contributed by atoms with Gasteiger partial charge in [0, 0.05) is 36.9 Å². The zero-order valence-electron chi connectivity index (χ0n) is 22.7. The largest absolute Gasteiger partial charge is 0.370 e. The summed E-state index contributed by atoms with van der Waals surface area (Å²) in [6.07, 6.45) is 9.85. The Morgan fingerprint density at radius 2 is 1.75 bits per heavy atom. The van der Waals surface area contributed by atoms with Gasteiger partial charge in [-0.15, -0.1) is 0 Å². The Kier molecular flexibility index (Phi) is 8.83. The number of pyridine rings is 1. The van der Waals surface area contributed by atoms with Gasteiger partial charge in [0.15, 0.2) is 5.13 Å². The summed E-state index contributed by atoms with van der Waals surface area (Å²) in [5.74, 6) is 1.34. The summed E-state index contributed by atoms with van der Waals surface area (Å²) in [5.41, 5.74) is 4.07. The first kappa shape index (κ1) is 27.1. The molecular weight excluding hydrogens is 518 g/mol. The van der Waals surface area contributed by atoms with Crippen molar-refractivity contribution in [2.45, 2.75) is 39.7 Å². The Morgan fingerprint density at radius 1 is 0.975 bits per heavy atom. The standard InChI is InChI=1S/C31H33N7OS/c1-3-23-11-8-12-24(4-2)29(23)36-30(39)26-21-34-31(40-26)38(25-13-6-5-7-14-25)28-16-9-15-27(35-28)33-17-10-19-37-20-18-32-22-37/h5-9,11-16,18,20-22H,3-4,10,17,19H2,1-2H3,(H,33,35)(H,36,39). The lowest BCUT2D eigenvalue weighted by Crippen LogP contribution is -2.14. The van der Waals surface area contributed by atoms with E-state index in [9.17, 15) is 4.79 Å². The highest BCUT2D eigenvalue weighted by atomic mass is 32.1. The lowest BCUT2D eigenvalue weighted by molar-refractivity contribution is 0.103. The van der Waals surface area contributed by atoms with Crippen LogP contribution in [0.1, 0.15) is 41.1 Å². The first-order chi connectivity index (χ1) is 19.7. The molecule has 3 aromatic heterocycles. The highest BCUT2D eigenvalue weighted by Crippen LogP contribution is 2.36. The molecule has 5 rings (SSSR count). The number of hydrogen-bond donors (Lipinski definition) is 2. The van der Waals surface area contributed by atoms with Crippen LogP contribution < -0.4 is 15.5 Å². The molecule has 0 unspecified atom stereocenters. The first-order valence-electron chi connectivity index (χ1n) is 13.6. The SMILES string of the molecule is CCc1cccc(CC)c1NC(=O)c1cnc(N(c2ccccc2)c2cccc(NCCCn3ccnc3)n2)s1.